The fourth-order valence-corrected chi connectivity index (χ4v) is 6.10. The summed E-state index contributed by atoms with van der Waals surface area (Å²) in [6.07, 6.45) is 5.52. The highest BCUT2D eigenvalue weighted by molar-refractivity contribution is 5.40. The van der Waals surface area contributed by atoms with Crippen molar-refractivity contribution in [3.05, 3.63) is 29.3 Å². The molecule has 0 unspecified atom stereocenters. The minimum Gasteiger partial charge on any atom is -0.508 e. The first kappa shape index (κ1) is 13.6. The second-order valence-corrected chi connectivity index (χ2v) is 8.00. The summed E-state index contributed by atoms with van der Waals surface area (Å²) in [7, 11) is 0. The fraction of sp³-hybridized carbons (Fsp3) is 0.684. The molecule has 2 nitrogen and oxygen atoms in total. The number of aliphatic hydroxyl groups excluding tert-OH is 1. The molecule has 2 N–H and O–H groups in total. The number of hydrogen-bond donors (Lipinski definition) is 2. The minimum absolute atomic E-state index is 0.105. The van der Waals surface area contributed by atoms with Crippen molar-refractivity contribution in [3.63, 3.8) is 0 Å². The van der Waals surface area contributed by atoms with E-state index in [1.807, 2.05) is 12.1 Å². The zero-order valence-corrected chi connectivity index (χ0v) is 13.0. The number of fused-ring (bicyclic) bond motifs is 5. The molecule has 0 amide bonds. The van der Waals surface area contributed by atoms with E-state index in [9.17, 15) is 10.2 Å². The molecule has 0 bridgehead atoms. The molecule has 1 aromatic rings. The molecule has 0 radical (unpaired) electrons. The predicted octanol–water partition coefficient (Wildman–Crippen LogP) is 3.86. The van der Waals surface area contributed by atoms with Gasteiger partial charge in [-0.1, -0.05) is 19.9 Å². The highest BCUT2D eigenvalue weighted by atomic mass is 16.3. The van der Waals surface area contributed by atoms with Crippen LogP contribution in [-0.4, -0.2) is 16.3 Å². The molecule has 6 atom stereocenters. The smallest absolute Gasteiger partial charge is 0.115 e. The van der Waals surface area contributed by atoms with Crippen LogP contribution < -0.4 is 0 Å². The van der Waals surface area contributed by atoms with E-state index in [1.54, 1.807) is 0 Å². The lowest BCUT2D eigenvalue weighted by Crippen LogP contribution is -2.47. The maximum absolute atomic E-state index is 10.5. The number of benzene rings is 1. The van der Waals surface area contributed by atoms with Crippen LogP contribution in [0, 0.1) is 23.2 Å². The first-order valence-electron chi connectivity index (χ1n) is 8.50. The van der Waals surface area contributed by atoms with Gasteiger partial charge in [-0.15, -0.1) is 0 Å². The third-order valence-corrected chi connectivity index (χ3v) is 6.95. The van der Waals surface area contributed by atoms with Gasteiger partial charge in [-0.25, -0.2) is 0 Å². The van der Waals surface area contributed by atoms with Crippen molar-refractivity contribution >= 4 is 0 Å². The average molecular weight is 286 g/mol. The number of aliphatic hydroxyl groups is 1. The van der Waals surface area contributed by atoms with Crippen LogP contribution in [0.1, 0.15) is 56.6 Å². The van der Waals surface area contributed by atoms with Gasteiger partial charge in [0.25, 0.3) is 0 Å². The molecule has 2 saturated carbocycles. The molecule has 0 aromatic heterocycles. The Hall–Kier alpha value is -1.02. The Morgan fingerprint density at radius 2 is 2.00 bits per heavy atom. The predicted molar refractivity (Wildman–Crippen MR) is 83.3 cm³/mol. The summed E-state index contributed by atoms with van der Waals surface area (Å²) in [5.41, 5.74) is 2.96. The van der Waals surface area contributed by atoms with E-state index < -0.39 is 0 Å². The van der Waals surface area contributed by atoms with Crippen LogP contribution in [0.4, 0.5) is 0 Å². The molecule has 3 aliphatic rings. The maximum atomic E-state index is 10.5. The number of hydrogen-bond acceptors (Lipinski definition) is 2. The van der Waals surface area contributed by atoms with Gasteiger partial charge in [0.2, 0.25) is 0 Å². The highest BCUT2D eigenvalue weighted by Gasteiger charge is 2.56. The van der Waals surface area contributed by atoms with Crippen LogP contribution in [-0.2, 0) is 6.42 Å². The Morgan fingerprint density at radius 1 is 1.19 bits per heavy atom. The molecular formula is C19H26O2. The summed E-state index contributed by atoms with van der Waals surface area (Å²) in [4.78, 5) is 0. The van der Waals surface area contributed by atoms with Gasteiger partial charge in [0, 0.05) is 0 Å². The third kappa shape index (κ3) is 1.81. The standard InChI is InChI=1S/C19H26O2/c1-11-10-19(2)16(7-8-17(19)21)15-5-3-12-9-13(20)4-6-14(12)18(11)15/h4,6,9,11,15-18,20-21H,3,5,7-8,10H2,1-2H3/t11-,15-,16+,17-,18+,19+/m0/s1. The summed E-state index contributed by atoms with van der Waals surface area (Å²) in [5.74, 6) is 3.03. The van der Waals surface area contributed by atoms with Crippen molar-refractivity contribution in [1.29, 1.82) is 0 Å². The Morgan fingerprint density at radius 3 is 2.81 bits per heavy atom. The van der Waals surface area contributed by atoms with Crippen molar-refractivity contribution in [1.82, 2.24) is 0 Å². The monoisotopic (exact) mass is 286 g/mol. The molecule has 0 saturated heterocycles. The molecule has 0 heterocycles. The van der Waals surface area contributed by atoms with Gasteiger partial charge in [-0.3, -0.25) is 0 Å². The number of phenols is 1. The van der Waals surface area contributed by atoms with Crippen LogP contribution in [0.5, 0.6) is 5.75 Å². The molecule has 21 heavy (non-hydrogen) atoms. The summed E-state index contributed by atoms with van der Waals surface area (Å²) in [6, 6.07) is 5.98. The van der Waals surface area contributed by atoms with E-state index in [0.29, 0.717) is 29.4 Å². The molecule has 3 aliphatic carbocycles. The highest BCUT2D eigenvalue weighted by Crippen LogP contribution is 2.62. The van der Waals surface area contributed by atoms with Crippen molar-refractivity contribution in [3.8, 4) is 5.75 Å². The third-order valence-electron chi connectivity index (χ3n) is 6.95. The topological polar surface area (TPSA) is 40.5 Å². The fourth-order valence-electron chi connectivity index (χ4n) is 6.10. The van der Waals surface area contributed by atoms with Crippen LogP contribution in [0.15, 0.2) is 18.2 Å². The number of aryl methyl sites for hydroxylation is 1. The second kappa shape index (κ2) is 4.49. The van der Waals surface area contributed by atoms with E-state index in [0.717, 1.165) is 19.3 Å². The van der Waals surface area contributed by atoms with Crippen molar-refractivity contribution in [2.75, 3.05) is 0 Å². The molecular weight excluding hydrogens is 260 g/mol. The molecule has 0 aliphatic heterocycles. The Kier molecular flexibility index (Phi) is 2.91. The van der Waals surface area contributed by atoms with Gasteiger partial charge in [0.1, 0.15) is 5.75 Å². The van der Waals surface area contributed by atoms with E-state index in [1.165, 1.54) is 24.0 Å². The second-order valence-electron chi connectivity index (χ2n) is 8.00. The van der Waals surface area contributed by atoms with Crippen molar-refractivity contribution in [2.45, 2.75) is 58.0 Å². The largest absolute Gasteiger partial charge is 0.508 e. The van der Waals surface area contributed by atoms with Gasteiger partial charge in [0.15, 0.2) is 0 Å². The zero-order valence-electron chi connectivity index (χ0n) is 13.0. The lowest BCUT2D eigenvalue weighted by atomic mass is 9.52. The SMILES string of the molecule is C[C@H]1C[C@]2(C)[C@H](CC[C@@H]2O)[C@@H]2CCc3cc(O)ccc3[C@H]21. The van der Waals surface area contributed by atoms with E-state index in [-0.39, 0.29) is 11.5 Å². The number of phenolic OH excluding ortho intramolecular Hbond substituents is 1. The lowest BCUT2D eigenvalue weighted by molar-refractivity contribution is -0.0441. The number of aromatic hydroxyl groups is 1. The maximum Gasteiger partial charge on any atom is 0.115 e. The van der Waals surface area contributed by atoms with Gasteiger partial charge < -0.3 is 10.2 Å². The van der Waals surface area contributed by atoms with Gasteiger partial charge in [-0.2, -0.15) is 0 Å². The summed E-state index contributed by atoms with van der Waals surface area (Å²) < 4.78 is 0. The van der Waals surface area contributed by atoms with E-state index in [4.69, 9.17) is 0 Å². The van der Waals surface area contributed by atoms with E-state index in [2.05, 4.69) is 19.9 Å². The average Bonchev–Trinajstić information content (AvgIpc) is 2.74. The summed E-state index contributed by atoms with van der Waals surface area (Å²) in [6.45, 7) is 4.69. The van der Waals surface area contributed by atoms with Crippen molar-refractivity contribution < 1.29 is 10.2 Å². The molecule has 1 aromatic carbocycles. The van der Waals surface area contributed by atoms with E-state index >= 15 is 0 Å². The first-order valence-corrected chi connectivity index (χ1v) is 8.50. The minimum atomic E-state index is -0.105. The summed E-state index contributed by atoms with van der Waals surface area (Å²) in [5, 5.41) is 20.2. The Balaban J connectivity index is 1.76. The number of rotatable bonds is 0. The molecule has 0 spiro atoms. The zero-order chi connectivity index (χ0) is 14.8. The van der Waals surface area contributed by atoms with Crippen LogP contribution in [0.3, 0.4) is 0 Å². The summed E-state index contributed by atoms with van der Waals surface area (Å²) >= 11 is 0. The van der Waals surface area contributed by atoms with Gasteiger partial charge >= 0.3 is 0 Å². The molecule has 114 valence electrons. The molecule has 4 rings (SSSR count). The Bertz CT molecular complexity index is 567. The quantitative estimate of drug-likeness (QED) is 0.760. The first-order chi connectivity index (χ1) is 10.0. The van der Waals surface area contributed by atoms with Crippen LogP contribution in [0.2, 0.25) is 0 Å². The Labute approximate surface area is 127 Å². The lowest BCUT2D eigenvalue weighted by Gasteiger charge is -2.53. The van der Waals surface area contributed by atoms with Crippen molar-refractivity contribution in [2.24, 2.45) is 23.2 Å². The normalized spacial score (nSPS) is 44.8. The van der Waals surface area contributed by atoms with Gasteiger partial charge in [-0.05, 0) is 84.5 Å². The van der Waals surface area contributed by atoms with Crippen LogP contribution in [0.25, 0.3) is 0 Å². The van der Waals surface area contributed by atoms with Gasteiger partial charge in [0.05, 0.1) is 6.10 Å². The molecule has 2 heteroatoms. The van der Waals surface area contributed by atoms with Crippen LogP contribution >= 0.6 is 0 Å². The molecule has 2 fully saturated rings.